The number of hydrogen-bond donors (Lipinski definition) is 0. The smallest absolute Gasteiger partial charge is 0.0819 e. The highest BCUT2D eigenvalue weighted by molar-refractivity contribution is 6.70. The van der Waals surface area contributed by atoms with Crippen molar-refractivity contribution in [1.29, 1.82) is 0 Å². The van der Waals surface area contributed by atoms with Gasteiger partial charge in [0.2, 0.25) is 0 Å². The lowest BCUT2D eigenvalue weighted by Gasteiger charge is -2.19. The largest absolute Gasteiger partial charge is 0.169 e. The third kappa shape index (κ3) is 4.23. The van der Waals surface area contributed by atoms with Crippen molar-refractivity contribution in [3.05, 3.63) is 65.2 Å². The first-order valence-electron chi connectivity index (χ1n) is 8.13. The van der Waals surface area contributed by atoms with Crippen LogP contribution in [0, 0.1) is 6.92 Å². The molecule has 2 rings (SSSR count). The highest BCUT2D eigenvalue weighted by Gasteiger charge is 2.13. The van der Waals surface area contributed by atoms with Crippen molar-refractivity contribution in [3.8, 4) is 0 Å². The van der Waals surface area contributed by atoms with Crippen molar-refractivity contribution >= 4 is 12.2 Å². The van der Waals surface area contributed by atoms with Gasteiger partial charge >= 0.3 is 0 Å². The lowest BCUT2D eigenvalue weighted by molar-refractivity contribution is 0.593. The van der Waals surface area contributed by atoms with E-state index in [1.165, 1.54) is 28.6 Å². The van der Waals surface area contributed by atoms with Crippen molar-refractivity contribution in [1.82, 2.24) is 0 Å². The third-order valence-electron chi connectivity index (χ3n) is 4.53. The van der Waals surface area contributed by atoms with E-state index in [2.05, 4.69) is 82.9 Å². The van der Waals surface area contributed by atoms with Crippen molar-refractivity contribution in [2.24, 2.45) is 0 Å². The molecule has 0 aliphatic rings. The minimum Gasteiger partial charge on any atom is -0.0819 e. The number of rotatable bonds is 5. The van der Waals surface area contributed by atoms with Gasteiger partial charge in [0, 0.05) is 0 Å². The summed E-state index contributed by atoms with van der Waals surface area (Å²) in [5, 5.41) is 0. The summed E-state index contributed by atoms with van der Waals surface area (Å²) in [6, 6.07) is 18.2. The van der Waals surface area contributed by atoms with Crippen LogP contribution in [0.5, 0.6) is 0 Å². The van der Waals surface area contributed by atoms with E-state index in [4.69, 9.17) is 0 Å². The fourth-order valence-electron chi connectivity index (χ4n) is 2.91. The SMILES string of the molecule is CB(C)c1ccc(C(C)CC(C)c2ccc(C)cc2)cc1. The maximum absolute atomic E-state index is 2.34. The third-order valence-corrected chi connectivity index (χ3v) is 4.53. The van der Waals surface area contributed by atoms with Crippen LogP contribution in [-0.4, -0.2) is 6.71 Å². The molecule has 2 aromatic rings. The summed E-state index contributed by atoms with van der Waals surface area (Å²) in [7, 11) is 0. The Morgan fingerprint density at radius 3 is 1.62 bits per heavy atom. The second kappa shape index (κ2) is 6.98. The Bertz CT molecular complexity index is 551. The lowest BCUT2D eigenvalue weighted by Crippen LogP contribution is -2.22. The highest BCUT2D eigenvalue weighted by Crippen LogP contribution is 2.29. The summed E-state index contributed by atoms with van der Waals surface area (Å²) < 4.78 is 0. The van der Waals surface area contributed by atoms with Gasteiger partial charge in [-0.3, -0.25) is 0 Å². The molecule has 0 fully saturated rings. The van der Waals surface area contributed by atoms with Gasteiger partial charge in [-0.15, -0.1) is 0 Å². The molecule has 0 heterocycles. The maximum atomic E-state index is 2.34. The van der Waals surface area contributed by atoms with E-state index in [1.807, 2.05) is 0 Å². The summed E-state index contributed by atoms with van der Waals surface area (Å²) in [5.74, 6) is 1.20. The molecule has 2 atom stereocenters. The van der Waals surface area contributed by atoms with E-state index in [0.717, 1.165) is 0 Å². The van der Waals surface area contributed by atoms with E-state index >= 15 is 0 Å². The van der Waals surface area contributed by atoms with Gasteiger partial charge < -0.3 is 0 Å². The van der Waals surface area contributed by atoms with Gasteiger partial charge in [-0.2, -0.15) is 0 Å². The average Bonchev–Trinajstić information content (AvgIpc) is 2.47. The van der Waals surface area contributed by atoms with Crippen LogP contribution in [0.2, 0.25) is 13.6 Å². The van der Waals surface area contributed by atoms with Crippen LogP contribution in [-0.2, 0) is 0 Å². The Labute approximate surface area is 130 Å². The molecule has 1 heteroatoms. The average molecular weight is 278 g/mol. The van der Waals surface area contributed by atoms with E-state index < -0.39 is 0 Å². The summed E-state index contributed by atoms with van der Waals surface area (Å²) in [6.45, 7) is 11.9. The molecule has 0 aromatic heterocycles. The predicted molar refractivity (Wildman–Crippen MR) is 96.2 cm³/mol. The number of hydrogen-bond acceptors (Lipinski definition) is 0. The van der Waals surface area contributed by atoms with Crippen LogP contribution in [0.15, 0.2) is 48.5 Å². The van der Waals surface area contributed by atoms with Crippen molar-refractivity contribution in [2.75, 3.05) is 0 Å². The molecule has 0 N–H and O–H groups in total. The van der Waals surface area contributed by atoms with Crippen LogP contribution in [0.4, 0.5) is 0 Å². The minimum atomic E-state index is 0.600. The van der Waals surface area contributed by atoms with Crippen LogP contribution >= 0.6 is 0 Å². The van der Waals surface area contributed by atoms with Gasteiger partial charge in [0.05, 0.1) is 0 Å². The first-order chi connectivity index (χ1) is 9.97. The first-order valence-corrected chi connectivity index (χ1v) is 8.13. The fourth-order valence-corrected chi connectivity index (χ4v) is 2.91. The Hall–Kier alpha value is -1.50. The molecule has 2 aromatic carbocycles. The fraction of sp³-hybridized carbons (Fsp3) is 0.400. The van der Waals surface area contributed by atoms with Crippen molar-refractivity contribution in [2.45, 2.75) is 52.7 Å². The molecule has 0 bridgehead atoms. The molecular formula is C20H27B. The molecule has 110 valence electrons. The van der Waals surface area contributed by atoms with Crippen LogP contribution in [0.3, 0.4) is 0 Å². The normalized spacial score (nSPS) is 13.8. The lowest BCUT2D eigenvalue weighted by atomic mass is 9.49. The van der Waals surface area contributed by atoms with E-state index in [0.29, 0.717) is 18.5 Å². The van der Waals surface area contributed by atoms with Gasteiger partial charge in [-0.05, 0) is 36.3 Å². The Morgan fingerprint density at radius 2 is 1.19 bits per heavy atom. The van der Waals surface area contributed by atoms with E-state index in [9.17, 15) is 0 Å². The molecule has 0 amide bonds. The Kier molecular flexibility index (Phi) is 5.28. The molecule has 0 aliphatic heterocycles. The first kappa shape index (κ1) is 15.9. The Balaban J connectivity index is 2.03. The summed E-state index contributed by atoms with van der Waals surface area (Å²) >= 11 is 0. The van der Waals surface area contributed by atoms with E-state index in [-0.39, 0.29) is 0 Å². The molecule has 0 nitrogen and oxygen atoms in total. The van der Waals surface area contributed by atoms with Crippen LogP contribution in [0.1, 0.15) is 48.8 Å². The monoisotopic (exact) mass is 278 g/mol. The van der Waals surface area contributed by atoms with Crippen LogP contribution < -0.4 is 5.46 Å². The van der Waals surface area contributed by atoms with Crippen molar-refractivity contribution < 1.29 is 0 Å². The summed E-state index contributed by atoms with van der Waals surface area (Å²) in [6.07, 6.45) is 1.20. The zero-order valence-corrected chi connectivity index (χ0v) is 14.1. The zero-order chi connectivity index (χ0) is 15.4. The number of benzene rings is 2. The Morgan fingerprint density at radius 1 is 0.762 bits per heavy atom. The highest BCUT2D eigenvalue weighted by atomic mass is 14.2. The van der Waals surface area contributed by atoms with Gasteiger partial charge in [0.15, 0.2) is 6.71 Å². The van der Waals surface area contributed by atoms with Gasteiger partial charge in [0.1, 0.15) is 0 Å². The summed E-state index contributed by atoms with van der Waals surface area (Å²) in [4.78, 5) is 0. The van der Waals surface area contributed by atoms with E-state index in [1.54, 1.807) is 0 Å². The molecule has 21 heavy (non-hydrogen) atoms. The predicted octanol–water partition coefficient (Wildman–Crippen LogP) is 5.25. The second-order valence-corrected chi connectivity index (χ2v) is 6.77. The quantitative estimate of drug-likeness (QED) is 0.655. The van der Waals surface area contributed by atoms with Gasteiger partial charge in [-0.25, -0.2) is 0 Å². The molecular weight excluding hydrogens is 251 g/mol. The van der Waals surface area contributed by atoms with Gasteiger partial charge in [-0.1, -0.05) is 87.1 Å². The molecule has 0 aliphatic carbocycles. The van der Waals surface area contributed by atoms with Gasteiger partial charge in [0.25, 0.3) is 0 Å². The van der Waals surface area contributed by atoms with Crippen molar-refractivity contribution in [3.63, 3.8) is 0 Å². The standard InChI is InChI=1S/C20H27B/c1-15-6-8-18(9-7-15)16(2)14-17(3)19-10-12-20(13-11-19)21(4)5/h6-13,16-17H,14H2,1-5H3. The van der Waals surface area contributed by atoms with Crippen LogP contribution in [0.25, 0.3) is 0 Å². The topological polar surface area (TPSA) is 0 Å². The second-order valence-electron chi connectivity index (χ2n) is 6.77. The minimum absolute atomic E-state index is 0.600. The zero-order valence-electron chi connectivity index (χ0n) is 14.1. The molecule has 0 saturated carbocycles. The maximum Gasteiger partial charge on any atom is 0.169 e. The molecule has 0 spiro atoms. The summed E-state index contributed by atoms with van der Waals surface area (Å²) in [5.41, 5.74) is 5.67. The molecule has 0 radical (unpaired) electrons. The number of aryl methyl sites for hydroxylation is 1. The molecule has 2 unspecified atom stereocenters. The molecule has 0 saturated heterocycles.